The van der Waals surface area contributed by atoms with Crippen LogP contribution in [-0.2, 0) is 16.1 Å². The minimum atomic E-state index is -0.657. The van der Waals surface area contributed by atoms with Crippen molar-refractivity contribution in [2.45, 2.75) is 27.3 Å². The fraction of sp³-hybridized carbons (Fsp3) is 0.353. The highest BCUT2D eigenvalue weighted by Crippen LogP contribution is 2.22. The van der Waals surface area contributed by atoms with Crippen LogP contribution in [0, 0.1) is 16.4 Å². The van der Waals surface area contributed by atoms with E-state index in [0.717, 1.165) is 3.57 Å². The standard InChI is InChI=1S/C17H19ClIN3O3/c1-10(2)8-22-16(18)15(11(3)21-22)17(24)25-9-14(23)20-13-6-4-5-12(19)7-13/h4-7,10H,8-9H2,1-3H3,(H,20,23). The van der Waals surface area contributed by atoms with Crippen molar-refractivity contribution in [2.75, 3.05) is 11.9 Å². The molecule has 0 fully saturated rings. The monoisotopic (exact) mass is 475 g/mol. The van der Waals surface area contributed by atoms with E-state index >= 15 is 0 Å². The third-order valence-corrected chi connectivity index (χ3v) is 4.31. The molecule has 8 heteroatoms. The van der Waals surface area contributed by atoms with Crippen molar-refractivity contribution in [2.24, 2.45) is 5.92 Å². The number of aromatic nitrogens is 2. The van der Waals surface area contributed by atoms with Gasteiger partial charge in [-0.2, -0.15) is 5.10 Å². The summed E-state index contributed by atoms with van der Waals surface area (Å²) in [5.41, 5.74) is 1.32. The van der Waals surface area contributed by atoms with E-state index in [4.69, 9.17) is 16.3 Å². The summed E-state index contributed by atoms with van der Waals surface area (Å²) >= 11 is 8.38. The summed E-state index contributed by atoms with van der Waals surface area (Å²) in [5, 5.41) is 7.16. The van der Waals surface area contributed by atoms with Crippen LogP contribution in [0.25, 0.3) is 0 Å². The van der Waals surface area contributed by atoms with Crippen molar-refractivity contribution in [1.29, 1.82) is 0 Å². The van der Waals surface area contributed by atoms with E-state index < -0.39 is 18.5 Å². The molecular weight excluding hydrogens is 457 g/mol. The van der Waals surface area contributed by atoms with Gasteiger partial charge in [-0.05, 0) is 53.6 Å². The molecule has 0 atom stereocenters. The second-order valence-corrected chi connectivity index (χ2v) is 7.57. The molecule has 0 radical (unpaired) electrons. The number of hydrogen-bond acceptors (Lipinski definition) is 4. The van der Waals surface area contributed by atoms with Crippen molar-refractivity contribution in [3.05, 3.63) is 44.2 Å². The predicted molar refractivity (Wildman–Crippen MR) is 105 cm³/mol. The molecule has 0 unspecified atom stereocenters. The molecule has 1 amide bonds. The van der Waals surface area contributed by atoms with Crippen molar-refractivity contribution < 1.29 is 14.3 Å². The summed E-state index contributed by atoms with van der Waals surface area (Å²) in [5.74, 6) is -0.742. The Morgan fingerprint density at radius 2 is 2.12 bits per heavy atom. The minimum absolute atomic E-state index is 0.198. The van der Waals surface area contributed by atoms with Crippen LogP contribution in [0.2, 0.25) is 5.15 Å². The second kappa shape index (κ2) is 8.66. The first-order chi connectivity index (χ1) is 11.8. The molecule has 0 spiro atoms. The van der Waals surface area contributed by atoms with E-state index in [2.05, 4.69) is 33.0 Å². The van der Waals surface area contributed by atoms with Crippen LogP contribution in [0.5, 0.6) is 0 Å². The maximum atomic E-state index is 12.3. The molecule has 2 rings (SSSR count). The third-order valence-electron chi connectivity index (χ3n) is 3.25. The molecule has 1 aromatic carbocycles. The normalized spacial score (nSPS) is 10.8. The van der Waals surface area contributed by atoms with Gasteiger partial charge < -0.3 is 10.1 Å². The van der Waals surface area contributed by atoms with Crippen LogP contribution < -0.4 is 5.32 Å². The molecule has 0 saturated carbocycles. The van der Waals surface area contributed by atoms with Gasteiger partial charge in [0.2, 0.25) is 0 Å². The summed E-state index contributed by atoms with van der Waals surface area (Å²) in [4.78, 5) is 24.2. The topological polar surface area (TPSA) is 73.2 Å². The Morgan fingerprint density at radius 3 is 2.76 bits per heavy atom. The highest BCUT2D eigenvalue weighted by Gasteiger charge is 2.22. The maximum Gasteiger partial charge on any atom is 0.343 e. The first kappa shape index (κ1) is 19.7. The number of anilines is 1. The van der Waals surface area contributed by atoms with Crippen molar-refractivity contribution in [3.63, 3.8) is 0 Å². The van der Waals surface area contributed by atoms with Gasteiger partial charge in [0.25, 0.3) is 5.91 Å². The van der Waals surface area contributed by atoms with E-state index in [1.165, 1.54) is 0 Å². The van der Waals surface area contributed by atoms with Crippen LogP contribution >= 0.6 is 34.2 Å². The largest absolute Gasteiger partial charge is 0.452 e. The number of esters is 1. The lowest BCUT2D eigenvalue weighted by Gasteiger charge is -2.08. The maximum absolute atomic E-state index is 12.3. The molecule has 134 valence electrons. The van der Waals surface area contributed by atoms with E-state index in [-0.39, 0.29) is 10.7 Å². The number of carbonyl (C=O) groups excluding carboxylic acids is 2. The zero-order chi connectivity index (χ0) is 18.6. The molecule has 0 bridgehead atoms. The Morgan fingerprint density at radius 1 is 1.40 bits per heavy atom. The molecule has 25 heavy (non-hydrogen) atoms. The summed E-state index contributed by atoms with van der Waals surface area (Å²) in [6.07, 6.45) is 0. The lowest BCUT2D eigenvalue weighted by Crippen LogP contribution is -2.21. The van der Waals surface area contributed by atoms with Crippen LogP contribution in [0.4, 0.5) is 5.69 Å². The van der Waals surface area contributed by atoms with Gasteiger partial charge in [-0.15, -0.1) is 0 Å². The highest BCUT2D eigenvalue weighted by atomic mass is 127. The molecule has 0 saturated heterocycles. The number of rotatable bonds is 6. The molecule has 1 aromatic heterocycles. The van der Waals surface area contributed by atoms with Gasteiger partial charge >= 0.3 is 5.97 Å². The summed E-state index contributed by atoms with van der Waals surface area (Å²) in [7, 11) is 0. The summed E-state index contributed by atoms with van der Waals surface area (Å²) in [6.45, 7) is 5.95. The molecule has 1 N–H and O–H groups in total. The number of benzene rings is 1. The lowest BCUT2D eigenvalue weighted by atomic mass is 10.2. The summed E-state index contributed by atoms with van der Waals surface area (Å²) in [6, 6.07) is 7.32. The van der Waals surface area contributed by atoms with E-state index in [1.807, 2.05) is 32.0 Å². The molecule has 0 aliphatic carbocycles. The molecule has 6 nitrogen and oxygen atoms in total. The first-order valence-electron chi connectivity index (χ1n) is 7.73. The molecular formula is C17H19ClIN3O3. The van der Waals surface area contributed by atoms with Crippen LogP contribution in [0.1, 0.15) is 29.9 Å². The van der Waals surface area contributed by atoms with Crippen LogP contribution in [0.15, 0.2) is 24.3 Å². The van der Waals surface area contributed by atoms with Crippen LogP contribution in [0.3, 0.4) is 0 Å². The van der Waals surface area contributed by atoms with E-state index in [9.17, 15) is 9.59 Å². The van der Waals surface area contributed by atoms with Crippen molar-refractivity contribution in [3.8, 4) is 0 Å². The SMILES string of the molecule is Cc1nn(CC(C)C)c(Cl)c1C(=O)OCC(=O)Nc1cccc(I)c1. The third kappa shape index (κ3) is 5.43. The molecule has 0 aliphatic rings. The molecule has 2 aromatic rings. The van der Waals surface area contributed by atoms with Gasteiger partial charge in [0.15, 0.2) is 6.61 Å². The quantitative estimate of drug-likeness (QED) is 0.508. The molecule has 1 heterocycles. The predicted octanol–water partition coefficient (Wildman–Crippen LogP) is 3.90. The number of ether oxygens (including phenoxy) is 1. The van der Waals surface area contributed by atoms with Crippen LogP contribution in [-0.4, -0.2) is 28.3 Å². The van der Waals surface area contributed by atoms with E-state index in [0.29, 0.717) is 23.8 Å². The number of amides is 1. The smallest absolute Gasteiger partial charge is 0.343 e. The van der Waals surface area contributed by atoms with Gasteiger partial charge in [0, 0.05) is 15.8 Å². The van der Waals surface area contributed by atoms with Gasteiger partial charge in [-0.1, -0.05) is 31.5 Å². The minimum Gasteiger partial charge on any atom is -0.452 e. The second-order valence-electron chi connectivity index (χ2n) is 5.96. The Kier molecular flexibility index (Phi) is 6.83. The number of nitrogens with one attached hydrogen (secondary N) is 1. The Bertz CT molecular complexity index is 789. The Balaban J connectivity index is 1.98. The number of halogens is 2. The van der Waals surface area contributed by atoms with Crippen molar-refractivity contribution >= 4 is 51.8 Å². The fourth-order valence-electron chi connectivity index (χ4n) is 2.22. The Hall–Kier alpha value is -1.61. The average Bonchev–Trinajstić information content (AvgIpc) is 2.78. The zero-order valence-electron chi connectivity index (χ0n) is 14.2. The van der Waals surface area contributed by atoms with Gasteiger partial charge in [-0.25, -0.2) is 4.79 Å². The average molecular weight is 476 g/mol. The highest BCUT2D eigenvalue weighted by molar-refractivity contribution is 14.1. The number of nitrogens with zero attached hydrogens (tertiary/aromatic N) is 2. The Labute approximate surface area is 165 Å². The molecule has 0 aliphatic heterocycles. The first-order valence-corrected chi connectivity index (χ1v) is 9.19. The number of carbonyl (C=O) groups is 2. The summed E-state index contributed by atoms with van der Waals surface area (Å²) < 4.78 is 7.65. The van der Waals surface area contributed by atoms with Gasteiger partial charge in [-0.3, -0.25) is 9.48 Å². The van der Waals surface area contributed by atoms with Crippen molar-refractivity contribution in [1.82, 2.24) is 9.78 Å². The van der Waals surface area contributed by atoms with Gasteiger partial charge in [0.1, 0.15) is 10.7 Å². The van der Waals surface area contributed by atoms with Gasteiger partial charge in [0.05, 0.1) is 5.69 Å². The number of hydrogen-bond donors (Lipinski definition) is 1. The number of aryl methyl sites for hydroxylation is 1. The van der Waals surface area contributed by atoms with E-state index in [1.54, 1.807) is 17.7 Å². The zero-order valence-corrected chi connectivity index (χ0v) is 17.1. The lowest BCUT2D eigenvalue weighted by molar-refractivity contribution is -0.119. The fourth-order valence-corrected chi connectivity index (χ4v) is 3.08.